The van der Waals surface area contributed by atoms with E-state index in [1.807, 2.05) is 48.5 Å². The van der Waals surface area contributed by atoms with Crippen LogP contribution in [0, 0.1) is 0 Å². The van der Waals surface area contributed by atoms with Crippen LogP contribution in [0.2, 0.25) is 0 Å². The predicted octanol–water partition coefficient (Wildman–Crippen LogP) is 5.04. The number of benzene rings is 1. The number of furan rings is 1. The van der Waals surface area contributed by atoms with Crippen LogP contribution >= 0.6 is 31.9 Å². The first-order chi connectivity index (χ1) is 11.7. The maximum absolute atomic E-state index is 5.89. The molecule has 0 bridgehead atoms. The topological polar surface area (TPSA) is 47.3 Å². The molecule has 0 aliphatic rings. The Morgan fingerprint density at radius 3 is 2.79 bits per heavy atom. The molecule has 1 aromatic carbocycles. The Balaban J connectivity index is 1.48. The lowest BCUT2D eigenvalue weighted by atomic mass is 10.2. The van der Waals surface area contributed by atoms with E-state index in [2.05, 4.69) is 42.2 Å². The number of halogens is 2. The van der Waals surface area contributed by atoms with E-state index in [9.17, 15) is 0 Å². The van der Waals surface area contributed by atoms with Gasteiger partial charge in [-0.2, -0.15) is 0 Å². The minimum Gasteiger partial charge on any atom is -0.476 e. The fourth-order valence-electron chi connectivity index (χ4n) is 2.18. The lowest BCUT2D eigenvalue weighted by molar-refractivity contribution is 0.300. The van der Waals surface area contributed by atoms with Crippen LogP contribution in [-0.2, 0) is 6.54 Å². The van der Waals surface area contributed by atoms with Gasteiger partial charge in [-0.3, -0.25) is 0 Å². The number of aromatic nitrogens is 1. The Morgan fingerprint density at radius 2 is 2.00 bits per heavy atom. The van der Waals surface area contributed by atoms with E-state index >= 15 is 0 Å². The van der Waals surface area contributed by atoms with Crippen LogP contribution in [0.4, 0.5) is 0 Å². The van der Waals surface area contributed by atoms with Crippen LogP contribution in [-0.4, -0.2) is 18.1 Å². The SMILES string of the molecule is Brc1ccc(-c2ccc(CNCCOc3ccccn3)o2)c(Br)c1. The van der Waals surface area contributed by atoms with Crippen LogP contribution in [0.15, 0.2) is 68.1 Å². The van der Waals surface area contributed by atoms with E-state index in [0.29, 0.717) is 25.6 Å². The van der Waals surface area contributed by atoms with Gasteiger partial charge in [-0.1, -0.05) is 22.0 Å². The summed E-state index contributed by atoms with van der Waals surface area (Å²) in [5, 5.41) is 3.29. The number of hydrogen-bond donors (Lipinski definition) is 1. The van der Waals surface area contributed by atoms with Crippen LogP contribution in [0.5, 0.6) is 5.88 Å². The first-order valence-corrected chi connectivity index (χ1v) is 9.09. The molecule has 2 aromatic heterocycles. The quantitative estimate of drug-likeness (QED) is 0.511. The highest BCUT2D eigenvalue weighted by Gasteiger charge is 2.08. The van der Waals surface area contributed by atoms with E-state index in [1.54, 1.807) is 6.20 Å². The van der Waals surface area contributed by atoms with Crippen molar-refractivity contribution in [3.05, 3.63) is 69.4 Å². The van der Waals surface area contributed by atoms with Crippen molar-refractivity contribution >= 4 is 31.9 Å². The summed E-state index contributed by atoms with van der Waals surface area (Å²) in [5.74, 6) is 2.37. The molecular weight excluding hydrogens is 436 g/mol. The highest BCUT2D eigenvalue weighted by Crippen LogP contribution is 2.31. The molecule has 0 unspecified atom stereocenters. The molecule has 0 aliphatic carbocycles. The lowest BCUT2D eigenvalue weighted by Gasteiger charge is -2.05. The molecule has 1 N–H and O–H groups in total. The van der Waals surface area contributed by atoms with Crippen molar-refractivity contribution < 1.29 is 9.15 Å². The van der Waals surface area contributed by atoms with Crippen molar-refractivity contribution in [1.82, 2.24) is 10.3 Å². The number of nitrogens with one attached hydrogen (secondary N) is 1. The summed E-state index contributed by atoms with van der Waals surface area (Å²) in [7, 11) is 0. The van der Waals surface area contributed by atoms with E-state index in [-0.39, 0.29) is 0 Å². The fraction of sp³-hybridized carbons (Fsp3) is 0.167. The van der Waals surface area contributed by atoms with Gasteiger partial charge < -0.3 is 14.5 Å². The predicted molar refractivity (Wildman–Crippen MR) is 101 cm³/mol. The molecule has 0 atom stereocenters. The van der Waals surface area contributed by atoms with Crippen LogP contribution < -0.4 is 10.1 Å². The van der Waals surface area contributed by atoms with Crippen molar-refractivity contribution in [3.63, 3.8) is 0 Å². The second kappa shape index (κ2) is 8.46. The highest BCUT2D eigenvalue weighted by atomic mass is 79.9. The third kappa shape index (κ3) is 4.69. The van der Waals surface area contributed by atoms with Gasteiger partial charge >= 0.3 is 0 Å². The van der Waals surface area contributed by atoms with E-state index in [1.165, 1.54) is 0 Å². The molecule has 0 saturated carbocycles. The molecular formula is C18H16Br2N2O2. The summed E-state index contributed by atoms with van der Waals surface area (Å²) in [6.45, 7) is 1.93. The molecule has 0 fully saturated rings. The molecule has 2 heterocycles. The number of nitrogens with zero attached hydrogens (tertiary/aromatic N) is 1. The molecule has 0 radical (unpaired) electrons. The highest BCUT2D eigenvalue weighted by molar-refractivity contribution is 9.11. The molecule has 6 heteroatoms. The van der Waals surface area contributed by atoms with Gasteiger partial charge in [0, 0.05) is 33.3 Å². The van der Waals surface area contributed by atoms with Gasteiger partial charge in [0.2, 0.25) is 5.88 Å². The smallest absolute Gasteiger partial charge is 0.213 e. The van der Waals surface area contributed by atoms with E-state index in [0.717, 1.165) is 26.0 Å². The van der Waals surface area contributed by atoms with Gasteiger partial charge in [0.25, 0.3) is 0 Å². The van der Waals surface area contributed by atoms with Gasteiger partial charge in [-0.15, -0.1) is 0 Å². The number of rotatable bonds is 7. The molecule has 0 aliphatic heterocycles. The summed E-state index contributed by atoms with van der Waals surface area (Å²) in [4.78, 5) is 4.11. The largest absolute Gasteiger partial charge is 0.476 e. The Hall–Kier alpha value is -1.63. The third-order valence-corrected chi connectivity index (χ3v) is 4.47. The van der Waals surface area contributed by atoms with Crippen molar-refractivity contribution in [2.75, 3.05) is 13.2 Å². The normalized spacial score (nSPS) is 10.8. The van der Waals surface area contributed by atoms with Crippen molar-refractivity contribution in [2.45, 2.75) is 6.54 Å². The Morgan fingerprint density at radius 1 is 1.08 bits per heavy atom. The molecule has 4 nitrogen and oxygen atoms in total. The summed E-state index contributed by atoms with van der Waals surface area (Å²) in [6, 6.07) is 15.6. The Labute approximate surface area is 157 Å². The summed E-state index contributed by atoms with van der Waals surface area (Å²) >= 11 is 7.01. The number of ether oxygens (including phenoxy) is 1. The van der Waals surface area contributed by atoms with Crippen LogP contribution in [0.3, 0.4) is 0 Å². The van der Waals surface area contributed by atoms with Crippen LogP contribution in [0.1, 0.15) is 5.76 Å². The Kier molecular flexibility index (Phi) is 6.07. The van der Waals surface area contributed by atoms with Gasteiger partial charge in [0.05, 0.1) is 6.54 Å². The van der Waals surface area contributed by atoms with Gasteiger partial charge in [0.1, 0.15) is 18.1 Å². The van der Waals surface area contributed by atoms with E-state index < -0.39 is 0 Å². The number of hydrogen-bond acceptors (Lipinski definition) is 4. The molecule has 0 spiro atoms. The average molecular weight is 452 g/mol. The van der Waals surface area contributed by atoms with Crippen molar-refractivity contribution in [2.24, 2.45) is 0 Å². The zero-order valence-corrected chi connectivity index (χ0v) is 16.0. The number of pyridine rings is 1. The molecule has 0 saturated heterocycles. The van der Waals surface area contributed by atoms with Crippen molar-refractivity contribution in [3.8, 4) is 17.2 Å². The Bertz CT molecular complexity index is 791. The summed E-state index contributed by atoms with van der Waals surface area (Å²) < 4.78 is 13.4. The molecule has 3 aromatic rings. The third-order valence-electron chi connectivity index (χ3n) is 3.32. The monoisotopic (exact) mass is 450 g/mol. The minimum atomic E-state index is 0.558. The first kappa shape index (κ1) is 17.2. The lowest BCUT2D eigenvalue weighted by Crippen LogP contribution is -2.20. The standard InChI is InChI=1S/C18H16Br2N2O2/c19-13-4-6-15(16(20)11-13)17-7-5-14(24-17)12-21-9-10-23-18-3-1-2-8-22-18/h1-8,11,21H,9-10,12H2. The van der Waals surface area contributed by atoms with Crippen molar-refractivity contribution in [1.29, 1.82) is 0 Å². The second-order valence-corrected chi connectivity index (χ2v) is 6.85. The molecule has 3 rings (SSSR count). The molecule has 24 heavy (non-hydrogen) atoms. The van der Waals surface area contributed by atoms with Gasteiger partial charge in [0.15, 0.2) is 0 Å². The summed E-state index contributed by atoms with van der Waals surface area (Å²) in [5.41, 5.74) is 1.03. The molecule has 124 valence electrons. The molecule has 0 amide bonds. The maximum atomic E-state index is 5.89. The first-order valence-electron chi connectivity index (χ1n) is 7.51. The zero-order valence-electron chi connectivity index (χ0n) is 12.8. The minimum absolute atomic E-state index is 0.558. The summed E-state index contributed by atoms with van der Waals surface area (Å²) in [6.07, 6.45) is 1.72. The van der Waals surface area contributed by atoms with Crippen LogP contribution in [0.25, 0.3) is 11.3 Å². The fourth-order valence-corrected chi connectivity index (χ4v) is 3.42. The van der Waals surface area contributed by atoms with Gasteiger partial charge in [-0.05, 0) is 52.3 Å². The average Bonchev–Trinajstić information content (AvgIpc) is 3.04. The second-order valence-electron chi connectivity index (χ2n) is 5.08. The maximum Gasteiger partial charge on any atom is 0.213 e. The zero-order chi connectivity index (χ0) is 16.8. The van der Waals surface area contributed by atoms with Gasteiger partial charge in [-0.25, -0.2) is 4.98 Å². The van der Waals surface area contributed by atoms with E-state index in [4.69, 9.17) is 9.15 Å².